The molecule has 0 bridgehead atoms. The molecule has 2 rings (SSSR count). The van der Waals surface area contributed by atoms with Crippen LogP contribution < -0.4 is 0 Å². The number of Topliss-reactive ketones (excluding diaryl/α,β-unsaturated/α-hetero) is 1. The summed E-state index contributed by atoms with van der Waals surface area (Å²) in [5, 5.41) is 0.702. The van der Waals surface area contributed by atoms with Crippen LogP contribution in [-0.2, 0) is 9.53 Å². The molecule has 1 aromatic rings. The smallest absolute Gasteiger partial charge is 0.159 e. The van der Waals surface area contributed by atoms with Crippen LogP contribution in [0.1, 0.15) is 25.3 Å². The number of carbonyl (C=O) groups excluding carboxylic acids is 1. The predicted octanol–water partition coefficient (Wildman–Crippen LogP) is 3.32. The van der Waals surface area contributed by atoms with Gasteiger partial charge < -0.3 is 4.74 Å². The molecule has 1 aliphatic heterocycles. The van der Waals surface area contributed by atoms with Crippen LogP contribution in [0, 0.1) is 0 Å². The normalized spacial score (nSPS) is 19.8. The van der Waals surface area contributed by atoms with Crippen molar-refractivity contribution in [1.82, 2.24) is 0 Å². The zero-order valence-corrected chi connectivity index (χ0v) is 10.0. The van der Waals surface area contributed by atoms with E-state index in [2.05, 4.69) is 0 Å². The first-order valence-electron chi connectivity index (χ1n) is 5.19. The van der Waals surface area contributed by atoms with Gasteiger partial charge in [-0.15, -0.1) is 0 Å². The lowest BCUT2D eigenvalue weighted by Crippen LogP contribution is -2.08. The van der Waals surface area contributed by atoms with E-state index in [0.717, 1.165) is 16.9 Å². The number of halogens is 1. The van der Waals surface area contributed by atoms with Crippen LogP contribution in [0.4, 0.5) is 0 Å². The minimum absolute atomic E-state index is 0.0507. The molecule has 0 fully saturated rings. The molecule has 0 amide bonds. The molecular formula is C13H13ClO2. The molecule has 1 heterocycles. The van der Waals surface area contributed by atoms with Crippen molar-refractivity contribution in [2.75, 3.05) is 6.61 Å². The Morgan fingerprint density at radius 2 is 2.00 bits per heavy atom. The zero-order valence-electron chi connectivity index (χ0n) is 9.29. The van der Waals surface area contributed by atoms with E-state index in [-0.39, 0.29) is 11.7 Å². The minimum atomic E-state index is 0.0507. The van der Waals surface area contributed by atoms with Gasteiger partial charge in [-0.2, -0.15) is 0 Å². The van der Waals surface area contributed by atoms with Gasteiger partial charge in [-0.05, 0) is 31.5 Å². The Balaban J connectivity index is 2.36. The first kappa shape index (κ1) is 11.2. The number of ketones is 1. The van der Waals surface area contributed by atoms with Gasteiger partial charge in [0.2, 0.25) is 0 Å². The van der Waals surface area contributed by atoms with E-state index in [4.69, 9.17) is 16.3 Å². The molecule has 84 valence electrons. The maximum absolute atomic E-state index is 11.5. The van der Waals surface area contributed by atoms with Crippen LogP contribution in [0.25, 0.3) is 0 Å². The quantitative estimate of drug-likeness (QED) is 0.788. The van der Waals surface area contributed by atoms with Gasteiger partial charge in [-0.25, -0.2) is 0 Å². The van der Waals surface area contributed by atoms with Crippen molar-refractivity contribution in [1.29, 1.82) is 0 Å². The van der Waals surface area contributed by atoms with Gasteiger partial charge in [0.15, 0.2) is 5.78 Å². The number of benzene rings is 1. The van der Waals surface area contributed by atoms with Crippen LogP contribution >= 0.6 is 11.6 Å². The summed E-state index contributed by atoms with van der Waals surface area (Å²) >= 11 is 5.84. The third-order valence-electron chi connectivity index (χ3n) is 2.85. The second-order valence-electron chi connectivity index (χ2n) is 3.94. The standard InChI is InChI=1S/C13H13ClO2/c1-8(15)13-9(2)16-7-12(13)10-3-5-11(14)6-4-10/h3-6,12H,7H2,1-2H3. The molecule has 0 N–H and O–H groups in total. The lowest BCUT2D eigenvalue weighted by molar-refractivity contribution is -0.113. The Morgan fingerprint density at radius 3 is 2.56 bits per heavy atom. The fourth-order valence-electron chi connectivity index (χ4n) is 2.07. The highest BCUT2D eigenvalue weighted by Crippen LogP contribution is 2.34. The van der Waals surface area contributed by atoms with Crippen molar-refractivity contribution < 1.29 is 9.53 Å². The Hall–Kier alpha value is -1.28. The summed E-state index contributed by atoms with van der Waals surface area (Å²) in [6.07, 6.45) is 0. The Bertz CT molecular complexity index is 446. The van der Waals surface area contributed by atoms with Crippen LogP contribution in [-0.4, -0.2) is 12.4 Å². The summed E-state index contributed by atoms with van der Waals surface area (Å²) in [7, 11) is 0. The summed E-state index contributed by atoms with van der Waals surface area (Å²) in [6, 6.07) is 7.56. The van der Waals surface area contributed by atoms with Gasteiger partial charge in [0.1, 0.15) is 5.76 Å². The van der Waals surface area contributed by atoms with E-state index >= 15 is 0 Å². The van der Waals surface area contributed by atoms with Gasteiger partial charge in [-0.1, -0.05) is 23.7 Å². The predicted molar refractivity (Wildman–Crippen MR) is 63.5 cm³/mol. The zero-order chi connectivity index (χ0) is 11.7. The fraction of sp³-hybridized carbons (Fsp3) is 0.308. The Labute approximate surface area is 99.9 Å². The third-order valence-corrected chi connectivity index (χ3v) is 3.10. The average Bonchev–Trinajstić information content (AvgIpc) is 2.61. The fourth-order valence-corrected chi connectivity index (χ4v) is 2.19. The van der Waals surface area contributed by atoms with Crippen LogP contribution in [0.2, 0.25) is 5.02 Å². The molecule has 0 radical (unpaired) electrons. The average molecular weight is 237 g/mol. The van der Waals surface area contributed by atoms with Crippen molar-refractivity contribution >= 4 is 17.4 Å². The number of hydrogen-bond donors (Lipinski definition) is 0. The SMILES string of the molecule is CC(=O)C1=C(C)OCC1c1ccc(Cl)cc1. The monoisotopic (exact) mass is 236 g/mol. The third kappa shape index (κ3) is 1.98. The molecular weight excluding hydrogens is 224 g/mol. The highest BCUT2D eigenvalue weighted by atomic mass is 35.5. The van der Waals surface area contributed by atoms with Gasteiger partial charge in [-0.3, -0.25) is 4.79 Å². The molecule has 0 aromatic heterocycles. The van der Waals surface area contributed by atoms with Crippen LogP contribution in [0.3, 0.4) is 0 Å². The number of ether oxygens (including phenoxy) is 1. The number of allylic oxidation sites excluding steroid dienone is 1. The highest BCUT2D eigenvalue weighted by Gasteiger charge is 2.29. The molecule has 2 nitrogen and oxygen atoms in total. The van der Waals surface area contributed by atoms with Crippen LogP contribution in [0.5, 0.6) is 0 Å². The molecule has 1 unspecified atom stereocenters. The second-order valence-corrected chi connectivity index (χ2v) is 4.38. The second kappa shape index (κ2) is 4.30. The maximum atomic E-state index is 11.5. The van der Waals surface area contributed by atoms with Crippen molar-refractivity contribution in [3.05, 3.63) is 46.2 Å². The molecule has 1 aliphatic rings. The lowest BCUT2D eigenvalue weighted by Gasteiger charge is -2.10. The van der Waals surface area contributed by atoms with E-state index in [1.807, 2.05) is 31.2 Å². The molecule has 0 aliphatic carbocycles. The van der Waals surface area contributed by atoms with Gasteiger partial charge in [0, 0.05) is 16.5 Å². The minimum Gasteiger partial charge on any atom is -0.497 e. The maximum Gasteiger partial charge on any atom is 0.159 e. The molecule has 0 saturated heterocycles. The van der Waals surface area contributed by atoms with Crippen molar-refractivity contribution in [2.24, 2.45) is 0 Å². The van der Waals surface area contributed by atoms with Gasteiger partial charge >= 0.3 is 0 Å². The highest BCUT2D eigenvalue weighted by molar-refractivity contribution is 6.30. The van der Waals surface area contributed by atoms with E-state index in [0.29, 0.717) is 11.6 Å². The van der Waals surface area contributed by atoms with Crippen molar-refractivity contribution in [3.8, 4) is 0 Å². The summed E-state index contributed by atoms with van der Waals surface area (Å²) in [5.74, 6) is 0.872. The summed E-state index contributed by atoms with van der Waals surface area (Å²) < 4.78 is 5.45. The largest absolute Gasteiger partial charge is 0.497 e. The molecule has 0 saturated carbocycles. The Kier molecular flexibility index (Phi) is 3.01. The summed E-state index contributed by atoms with van der Waals surface area (Å²) in [4.78, 5) is 11.5. The molecule has 16 heavy (non-hydrogen) atoms. The molecule has 1 aromatic carbocycles. The van der Waals surface area contributed by atoms with E-state index in [1.54, 1.807) is 6.92 Å². The number of rotatable bonds is 2. The van der Waals surface area contributed by atoms with E-state index in [9.17, 15) is 4.79 Å². The van der Waals surface area contributed by atoms with E-state index < -0.39 is 0 Å². The lowest BCUT2D eigenvalue weighted by atomic mass is 9.90. The van der Waals surface area contributed by atoms with Crippen LogP contribution in [0.15, 0.2) is 35.6 Å². The topological polar surface area (TPSA) is 26.3 Å². The van der Waals surface area contributed by atoms with Crippen molar-refractivity contribution in [3.63, 3.8) is 0 Å². The Morgan fingerprint density at radius 1 is 1.38 bits per heavy atom. The summed E-state index contributed by atoms with van der Waals surface area (Å²) in [5.41, 5.74) is 1.86. The first-order chi connectivity index (χ1) is 7.59. The molecule has 1 atom stereocenters. The first-order valence-corrected chi connectivity index (χ1v) is 5.57. The van der Waals surface area contributed by atoms with E-state index in [1.165, 1.54) is 0 Å². The van der Waals surface area contributed by atoms with Crippen molar-refractivity contribution in [2.45, 2.75) is 19.8 Å². The molecule has 3 heteroatoms. The number of carbonyl (C=O) groups is 1. The number of hydrogen-bond acceptors (Lipinski definition) is 2. The summed E-state index contributed by atoms with van der Waals surface area (Å²) in [6.45, 7) is 3.96. The van der Waals surface area contributed by atoms with Gasteiger partial charge in [0.05, 0.1) is 6.61 Å². The molecule has 0 spiro atoms. The van der Waals surface area contributed by atoms with Gasteiger partial charge in [0.25, 0.3) is 0 Å².